The van der Waals surface area contributed by atoms with Gasteiger partial charge in [-0.1, -0.05) is 12.5 Å². The SMILES string of the molecule is O=C(NCc1ccc(N2CCCC2)nc1)NC1CCN2CCCCC12. The highest BCUT2D eigenvalue weighted by Gasteiger charge is 2.36. The average Bonchev–Trinajstić information content (AvgIpc) is 3.31. The van der Waals surface area contributed by atoms with Gasteiger partial charge in [-0.2, -0.15) is 0 Å². The van der Waals surface area contributed by atoms with Crippen molar-refractivity contribution in [2.24, 2.45) is 0 Å². The second kappa shape index (κ2) is 7.60. The molecule has 1 aromatic heterocycles. The van der Waals surface area contributed by atoms with Gasteiger partial charge in [-0.05, 0) is 50.3 Å². The first-order valence-electron chi connectivity index (χ1n) is 9.78. The lowest BCUT2D eigenvalue weighted by Gasteiger charge is -2.32. The van der Waals surface area contributed by atoms with Crippen LogP contribution in [0.5, 0.6) is 0 Å². The molecule has 3 aliphatic rings. The van der Waals surface area contributed by atoms with Crippen molar-refractivity contribution in [2.75, 3.05) is 31.1 Å². The fraction of sp³-hybridized carbons (Fsp3) is 0.684. The van der Waals surface area contributed by atoms with Crippen LogP contribution in [0.4, 0.5) is 10.6 Å². The summed E-state index contributed by atoms with van der Waals surface area (Å²) in [7, 11) is 0. The molecule has 0 spiro atoms. The lowest BCUT2D eigenvalue weighted by molar-refractivity contribution is 0.179. The molecule has 4 rings (SSSR count). The van der Waals surface area contributed by atoms with Crippen molar-refractivity contribution in [3.8, 4) is 0 Å². The standard InChI is InChI=1S/C19H29N5O/c25-19(22-16-8-12-23-9-2-1-5-17(16)23)21-14-15-6-7-18(20-13-15)24-10-3-4-11-24/h6-7,13,16-17H,1-5,8-12,14H2,(H2,21,22,25). The molecule has 2 atom stereocenters. The molecule has 3 aliphatic heterocycles. The number of fused-ring (bicyclic) bond motifs is 1. The molecular formula is C19H29N5O. The Bertz CT molecular complexity index is 584. The maximum absolute atomic E-state index is 12.3. The van der Waals surface area contributed by atoms with Crippen molar-refractivity contribution in [3.05, 3.63) is 23.9 Å². The van der Waals surface area contributed by atoms with Crippen LogP contribution in [0.25, 0.3) is 0 Å². The summed E-state index contributed by atoms with van der Waals surface area (Å²) >= 11 is 0. The topological polar surface area (TPSA) is 60.5 Å². The van der Waals surface area contributed by atoms with Crippen LogP contribution in [0, 0.1) is 0 Å². The number of nitrogens with one attached hydrogen (secondary N) is 2. The molecule has 0 radical (unpaired) electrons. The Morgan fingerprint density at radius 3 is 2.72 bits per heavy atom. The molecule has 6 heteroatoms. The molecule has 0 bridgehead atoms. The van der Waals surface area contributed by atoms with Gasteiger partial charge in [0.2, 0.25) is 0 Å². The van der Waals surface area contributed by atoms with Gasteiger partial charge in [0.05, 0.1) is 0 Å². The van der Waals surface area contributed by atoms with Gasteiger partial charge >= 0.3 is 6.03 Å². The summed E-state index contributed by atoms with van der Waals surface area (Å²) < 4.78 is 0. The zero-order valence-corrected chi connectivity index (χ0v) is 14.9. The van der Waals surface area contributed by atoms with Crippen LogP contribution in [0.1, 0.15) is 44.1 Å². The van der Waals surface area contributed by atoms with E-state index in [0.717, 1.165) is 37.4 Å². The highest BCUT2D eigenvalue weighted by atomic mass is 16.2. The Morgan fingerprint density at radius 2 is 1.92 bits per heavy atom. The molecule has 3 fully saturated rings. The third-order valence-corrected chi connectivity index (χ3v) is 5.86. The van der Waals surface area contributed by atoms with Crippen LogP contribution >= 0.6 is 0 Å². The third-order valence-electron chi connectivity index (χ3n) is 5.86. The normalized spacial score (nSPS) is 26.5. The number of pyridine rings is 1. The summed E-state index contributed by atoms with van der Waals surface area (Å²) in [5.74, 6) is 1.05. The summed E-state index contributed by atoms with van der Waals surface area (Å²) in [5, 5.41) is 6.17. The number of hydrogen-bond donors (Lipinski definition) is 2. The zero-order chi connectivity index (χ0) is 17.1. The van der Waals surface area contributed by atoms with Gasteiger partial charge in [0.15, 0.2) is 0 Å². The van der Waals surface area contributed by atoms with E-state index in [2.05, 4.69) is 37.6 Å². The zero-order valence-electron chi connectivity index (χ0n) is 14.9. The van der Waals surface area contributed by atoms with Crippen molar-refractivity contribution < 1.29 is 4.79 Å². The molecule has 2 N–H and O–H groups in total. The summed E-state index contributed by atoms with van der Waals surface area (Å²) in [4.78, 5) is 21.7. The van der Waals surface area contributed by atoms with Crippen molar-refractivity contribution in [1.29, 1.82) is 0 Å². The third kappa shape index (κ3) is 3.89. The molecule has 6 nitrogen and oxygen atoms in total. The Labute approximate surface area is 150 Å². The fourth-order valence-electron chi connectivity index (χ4n) is 4.47. The molecular weight excluding hydrogens is 314 g/mol. The van der Waals surface area contributed by atoms with Crippen LogP contribution < -0.4 is 15.5 Å². The Kier molecular flexibility index (Phi) is 5.06. The van der Waals surface area contributed by atoms with Crippen molar-refractivity contribution >= 4 is 11.8 Å². The van der Waals surface area contributed by atoms with Crippen molar-refractivity contribution in [3.63, 3.8) is 0 Å². The number of anilines is 1. The first-order valence-corrected chi connectivity index (χ1v) is 9.78. The van der Waals surface area contributed by atoms with Gasteiger partial charge < -0.3 is 15.5 Å². The van der Waals surface area contributed by atoms with E-state index in [4.69, 9.17) is 0 Å². The second-order valence-corrected chi connectivity index (χ2v) is 7.54. The molecule has 136 valence electrons. The molecule has 2 unspecified atom stereocenters. The maximum Gasteiger partial charge on any atom is 0.315 e. The Balaban J connectivity index is 1.24. The smallest absolute Gasteiger partial charge is 0.315 e. The van der Waals surface area contributed by atoms with E-state index < -0.39 is 0 Å². The van der Waals surface area contributed by atoms with Crippen molar-refractivity contribution in [2.45, 2.75) is 57.2 Å². The van der Waals surface area contributed by atoms with Crippen LogP contribution in [-0.2, 0) is 6.54 Å². The van der Waals surface area contributed by atoms with E-state index in [-0.39, 0.29) is 6.03 Å². The average molecular weight is 343 g/mol. The van der Waals surface area contributed by atoms with Crippen LogP contribution in [-0.4, -0.2) is 54.2 Å². The van der Waals surface area contributed by atoms with E-state index in [9.17, 15) is 4.79 Å². The van der Waals surface area contributed by atoms with Crippen molar-refractivity contribution in [1.82, 2.24) is 20.5 Å². The maximum atomic E-state index is 12.3. The number of carbonyl (C=O) groups excluding carboxylic acids is 1. The molecule has 3 saturated heterocycles. The number of aromatic nitrogens is 1. The molecule has 1 aromatic rings. The van der Waals surface area contributed by atoms with Gasteiger partial charge in [-0.15, -0.1) is 0 Å². The quantitative estimate of drug-likeness (QED) is 0.879. The Morgan fingerprint density at radius 1 is 1.08 bits per heavy atom. The second-order valence-electron chi connectivity index (χ2n) is 7.54. The van der Waals surface area contributed by atoms with Crippen LogP contribution in [0.15, 0.2) is 18.3 Å². The number of carbonyl (C=O) groups is 1. The minimum atomic E-state index is -0.0546. The monoisotopic (exact) mass is 343 g/mol. The van der Waals surface area contributed by atoms with Gasteiger partial charge in [0.25, 0.3) is 0 Å². The summed E-state index contributed by atoms with van der Waals surface area (Å²) in [5.41, 5.74) is 1.05. The Hall–Kier alpha value is -1.82. The van der Waals surface area contributed by atoms with E-state index in [0.29, 0.717) is 18.6 Å². The van der Waals surface area contributed by atoms with E-state index >= 15 is 0 Å². The van der Waals surface area contributed by atoms with E-state index in [1.54, 1.807) is 0 Å². The summed E-state index contributed by atoms with van der Waals surface area (Å²) in [6, 6.07) is 4.93. The van der Waals surface area contributed by atoms with E-state index in [1.165, 1.54) is 38.6 Å². The summed E-state index contributed by atoms with van der Waals surface area (Å²) in [6.45, 7) is 5.05. The van der Waals surface area contributed by atoms with E-state index in [1.807, 2.05) is 6.20 Å². The number of rotatable bonds is 4. The number of hydrogen-bond acceptors (Lipinski definition) is 4. The van der Waals surface area contributed by atoms with Gasteiger partial charge in [-0.3, -0.25) is 4.90 Å². The van der Waals surface area contributed by atoms with Crippen LogP contribution in [0.2, 0.25) is 0 Å². The van der Waals surface area contributed by atoms with Gasteiger partial charge in [0, 0.05) is 44.5 Å². The fourth-order valence-corrected chi connectivity index (χ4v) is 4.47. The predicted molar refractivity (Wildman–Crippen MR) is 98.7 cm³/mol. The molecule has 0 saturated carbocycles. The first kappa shape index (κ1) is 16.6. The first-order chi connectivity index (χ1) is 12.3. The predicted octanol–water partition coefficient (Wildman–Crippen LogP) is 2.11. The number of piperidine rings is 1. The van der Waals surface area contributed by atoms with Gasteiger partial charge in [0.1, 0.15) is 5.82 Å². The lowest BCUT2D eigenvalue weighted by atomic mass is 9.99. The number of urea groups is 1. The largest absolute Gasteiger partial charge is 0.357 e. The molecule has 0 aliphatic carbocycles. The minimum absolute atomic E-state index is 0.0546. The number of amides is 2. The molecule has 4 heterocycles. The molecule has 2 amide bonds. The highest BCUT2D eigenvalue weighted by Crippen LogP contribution is 2.27. The van der Waals surface area contributed by atoms with Crippen LogP contribution in [0.3, 0.4) is 0 Å². The number of nitrogens with zero attached hydrogens (tertiary/aromatic N) is 3. The highest BCUT2D eigenvalue weighted by molar-refractivity contribution is 5.74. The lowest BCUT2D eigenvalue weighted by Crippen LogP contribution is -2.49. The van der Waals surface area contributed by atoms with Gasteiger partial charge in [-0.25, -0.2) is 9.78 Å². The molecule has 25 heavy (non-hydrogen) atoms. The summed E-state index contributed by atoms with van der Waals surface area (Å²) in [6.07, 6.45) is 9.27. The molecule has 0 aromatic carbocycles. The minimum Gasteiger partial charge on any atom is -0.357 e.